The topological polar surface area (TPSA) is 48.0 Å². The van der Waals surface area contributed by atoms with Crippen LogP contribution in [-0.4, -0.2) is 38.8 Å². The van der Waals surface area contributed by atoms with Gasteiger partial charge in [-0.1, -0.05) is 30.9 Å². The Balaban J connectivity index is 2.31. The SMILES string of the molecule is C=C(/C=C/COCc1ccc(OC)cc1)C(=O)N(C)OC. The standard InChI is InChI=1S/C16H21NO4/c1-13(16(18)17(2)20-4)6-5-11-21-12-14-7-9-15(19-3)10-8-14/h5-10H,1,11-12H2,2-4H3/b6-5+. The number of amides is 1. The van der Waals surface area contributed by atoms with Crippen LogP contribution in [0.5, 0.6) is 5.75 Å². The summed E-state index contributed by atoms with van der Waals surface area (Å²) in [5, 5.41) is 1.12. The molecule has 5 nitrogen and oxygen atoms in total. The number of ether oxygens (including phenoxy) is 2. The first kappa shape index (κ1) is 16.9. The molecule has 0 fully saturated rings. The largest absolute Gasteiger partial charge is 0.497 e. The minimum atomic E-state index is -0.288. The van der Waals surface area contributed by atoms with Crippen LogP contribution in [0.15, 0.2) is 48.6 Å². The van der Waals surface area contributed by atoms with Crippen molar-refractivity contribution in [3.8, 4) is 5.75 Å². The quantitative estimate of drug-likeness (QED) is 0.319. The number of carbonyl (C=O) groups is 1. The molecule has 114 valence electrons. The van der Waals surface area contributed by atoms with Crippen molar-refractivity contribution in [3.05, 3.63) is 54.1 Å². The number of hydrogen-bond acceptors (Lipinski definition) is 4. The summed E-state index contributed by atoms with van der Waals surface area (Å²) in [5.41, 5.74) is 1.39. The third kappa shape index (κ3) is 5.81. The van der Waals surface area contributed by atoms with Crippen LogP contribution in [-0.2, 0) is 21.0 Å². The lowest BCUT2D eigenvalue weighted by Crippen LogP contribution is -2.25. The van der Waals surface area contributed by atoms with Gasteiger partial charge in [-0.25, -0.2) is 5.06 Å². The van der Waals surface area contributed by atoms with E-state index in [0.29, 0.717) is 18.8 Å². The minimum absolute atomic E-state index is 0.288. The molecule has 0 aliphatic carbocycles. The Bertz CT molecular complexity index is 494. The first-order valence-corrected chi connectivity index (χ1v) is 6.46. The van der Waals surface area contributed by atoms with E-state index in [4.69, 9.17) is 14.3 Å². The van der Waals surface area contributed by atoms with Gasteiger partial charge in [-0.3, -0.25) is 9.63 Å². The van der Waals surface area contributed by atoms with Gasteiger partial charge in [0.1, 0.15) is 5.75 Å². The van der Waals surface area contributed by atoms with Crippen LogP contribution in [0.4, 0.5) is 0 Å². The van der Waals surface area contributed by atoms with Crippen molar-refractivity contribution < 1.29 is 19.1 Å². The third-order valence-electron chi connectivity index (χ3n) is 2.80. The molecule has 0 spiro atoms. The number of rotatable bonds is 8. The van der Waals surface area contributed by atoms with E-state index in [1.54, 1.807) is 19.3 Å². The Hall–Kier alpha value is -2.11. The molecule has 0 N–H and O–H groups in total. The van der Waals surface area contributed by atoms with Crippen LogP contribution in [0.3, 0.4) is 0 Å². The molecule has 1 aromatic rings. The number of likely N-dealkylation sites (N-methyl/N-ethyl adjacent to an activating group) is 1. The molecule has 0 radical (unpaired) electrons. The lowest BCUT2D eigenvalue weighted by atomic mass is 10.2. The van der Waals surface area contributed by atoms with Gasteiger partial charge in [0, 0.05) is 12.6 Å². The van der Waals surface area contributed by atoms with Gasteiger partial charge >= 0.3 is 0 Å². The molecule has 0 saturated carbocycles. The summed E-state index contributed by atoms with van der Waals surface area (Å²) < 4.78 is 10.6. The van der Waals surface area contributed by atoms with E-state index >= 15 is 0 Å². The average Bonchev–Trinajstić information content (AvgIpc) is 2.53. The van der Waals surface area contributed by atoms with Gasteiger partial charge in [0.15, 0.2) is 0 Å². The zero-order chi connectivity index (χ0) is 15.7. The number of nitrogens with zero attached hydrogens (tertiary/aromatic N) is 1. The fourth-order valence-corrected chi connectivity index (χ4v) is 1.51. The van der Waals surface area contributed by atoms with Crippen LogP contribution in [0, 0.1) is 0 Å². The predicted octanol–water partition coefficient (Wildman–Crippen LogP) is 2.34. The molecular formula is C16H21NO4. The van der Waals surface area contributed by atoms with Crippen molar-refractivity contribution in [3.63, 3.8) is 0 Å². The molecule has 1 rings (SSSR count). The maximum atomic E-state index is 11.6. The van der Waals surface area contributed by atoms with Crippen LogP contribution < -0.4 is 4.74 Å². The van der Waals surface area contributed by atoms with E-state index in [9.17, 15) is 4.79 Å². The van der Waals surface area contributed by atoms with E-state index in [2.05, 4.69) is 6.58 Å². The Morgan fingerprint density at radius 3 is 2.52 bits per heavy atom. The predicted molar refractivity (Wildman–Crippen MR) is 80.7 cm³/mol. The highest BCUT2D eigenvalue weighted by Crippen LogP contribution is 2.11. The van der Waals surface area contributed by atoms with Crippen molar-refractivity contribution in [1.29, 1.82) is 0 Å². The summed E-state index contributed by atoms with van der Waals surface area (Å²) in [5.74, 6) is 0.527. The zero-order valence-electron chi connectivity index (χ0n) is 12.7. The first-order valence-electron chi connectivity index (χ1n) is 6.46. The second kappa shape index (κ2) is 8.94. The molecule has 0 heterocycles. The summed E-state index contributed by atoms with van der Waals surface area (Å²) in [4.78, 5) is 16.4. The Labute approximate surface area is 125 Å². The number of hydroxylamine groups is 2. The fourth-order valence-electron chi connectivity index (χ4n) is 1.51. The van der Waals surface area contributed by atoms with E-state index in [1.165, 1.54) is 14.2 Å². The van der Waals surface area contributed by atoms with E-state index in [-0.39, 0.29) is 5.91 Å². The normalized spacial score (nSPS) is 10.6. The number of benzene rings is 1. The highest BCUT2D eigenvalue weighted by Gasteiger charge is 2.08. The number of methoxy groups -OCH3 is 1. The van der Waals surface area contributed by atoms with Gasteiger partial charge in [0.25, 0.3) is 5.91 Å². The molecule has 0 bridgehead atoms. The molecule has 5 heteroatoms. The van der Waals surface area contributed by atoms with E-state index < -0.39 is 0 Å². The molecule has 0 aliphatic rings. The van der Waals surface area contributed by atoms with Crippen molar-refractivity contribution in [2.45, 2.75) is 6.61 Å². The molecule has 1 amide bonds. The lowest BCUT2D eigenvalue weighted by Gasteiger charge is -2.13. The molecule has 0 aliphatic heterocycles. The Morgan fingerprint density at radius 2 is 1.95 bits per heavy atom. The summed E-state index contributed by atoms with van der Waals surface area (Å²) in [6.45, 7) is 4.56. The molecular weight excluding hydrogens is 270 g/mol. The molecule has 21 heavy (non-hydrogen) atoms. The molecule has 1 aromatic carbocycles. The summed E-state index contributed by atoms with van der Waals surface area (Å²) in [6.07, 6.45) is 3.36. The second-order valence-corrected chi connectivity index (χ2v) is 4.28. The van der Waals surface area contributed by atoms with Crippen molar-refractivity contribution in [1.82, 2.24) is 5.06 Å². The number of hydrogen-bond donors (Lipinski definition) is 0. The van der Waals surface area contributed by atoms with Gasteiger partial charge in [0.05, 0.1) is 27.4 Å². The first-order chi connectivity index (χ1) is 10.1. The highest BCUT2D eigenvalue weighted by atomic mass is 16.7. The maximum absolute atomic E-state index is 11.6. The van der Waals surface area contributed by atoms with Crippen LogP contribution in [0.2, 0.25) is 0 Å². The fraction of sp³-hybridized carbons (Fsp3) is 0.312. The monoisotopic (exact) mass is 291 g/mol. The minimum Gasteiger partial charge on any atom is -0.497 e. The van der Waals surface area contributed by atoms with E-state index in [0.717, 1.165) is 16.4 Å². The second-order valence-electron chi connectivity index (χ2n) is 4.28. The van der Waals surface area contributed by atoms with Gasteiger partial charge in [-0.15, -0.1) is 0 Å². The smallest absolute Gasteiger partial charge is 0.276 e. The summed E-state index contributed by atoms with van der Waals surface area (Å²) in [7, 11) is 4.58. The summed E-state index contributed by atoms with van der Waals surface area (Å²) in [6, 6.07) is 7.66. The third-order valence-corrected chi connectivity index (χ3v) is 2.80. The molecule has 0 saturated heterocycles. The summed E-state index contributed by atoms with van der Waals surface area (Å²) >= 11 is 0. The van der Waals surface area contributed by atoms with Crippen LogP contribution in [0.25, 0.3) is 0 Å². The Kier molecular flexibility index (Phi) is 7.21. The van der Waals surface area contributed by atoms with Crippen molar-refractivity contribution in [2.24, 2.45) is 0 Å². The van der Waals surface area contributed by atoms with Crippen LogP contribution >= 0.6 is 0 Å². The maximum Gasteiger partial charge on any atom is 0.276 e. The van der Waals surface area contributed by atoms with Gasteiger partial charge in [0.2, 0.25) is 0 Å². The molecule has 0 unspecified atom stereocenters. The molecule has 0 aromatic heterocycles. The number of carbonyl (C=O) groups excluding carboxylic acids is 1. The highest BCUT2D eigenvalue weighted by molar-refractivity contribution is 5.94. The van der Waals surface area contributed by atoms with Crippen molar-refractivity contribution in [2.75, 3.05) is 27.9 Å². The van der Waals surface area contributed by atoms with Crippen molar-refractivity contribution >= 4 is 5.91 Å². The zero-order valence-corrected chi connectivity index (χ0v) is 12.7. The van der Waals surface area contributed by atoms with Gasteiger partial charge < -0.3 is 9.47 Å². The van der Waals surface area contributed by atoms with Gasteiger partial charge in [-0.05, 0) is 17.7 Å². The van der Waals surface area contributed by atoms with Gasteiger partial charge in [-0.2, -0.15) is 0 Å². The Morgan fingerprint density at radius 1 is 1.29 bits per heavy atom. The van der Waals surface area contributed by atoms with E-state index in [1.807, 2.05) is 24.3 Å². The average molecular weight is 291 g/mol. The van der Waals surface area contributed by atoms with Crippen LogP contribution in [0.1, 0.15) is 5.56 Å². The lowest BCUT2D eigenvalue weighted by molar-refractivity contribution is -0.163. The molecule has 0 atom stereocenters.